The number of esters is 1. The van der Waals surface area contributed by atoms with Gasteiger partial charge in [-0.3, -0.25) is 19.0 Å². The first-order chi connectivity index (χ1) is 12.3. The minimum atomic E-state index is -0.553. The van der Waals surface area contributed by atoms with Crippen molar-refractivity contribution in [2.24, 2.45) is 5.92 Å². The lowest BCUT2D eigenvalue weighted by atomic mass is 10.2. The van der Waals surface area contributed by atoms with Crippen molar-refractivity contribution in [3.8, 4) is 0 Å². The Morgan fingerprint density at radius 1 is 1.27 bits per heavy atom. The molecule has 0 saturated carbocycles. The van der Waals surface area contributed by atoms with Gasteiger partial charge in [-0.25, -0.2) is 4.98 Å². The number of thioether (sulfide) groups is 1. The van der Waals surface area contributed by atoms with Gasteiger partial charge in [0.15, 0.2) is 5.16 Å². The maximum absolute atomic E-state index is 12.8. The molecule has 1 aromatic heterocycles. The van der Waals surface area contributed by atoms with Crippen molar-refractivity contribution in [2.45, 2.75) is 37.7 Å². The predicted octanol–water partition coefficient (Wildman–Crippen LogP) is 1.82. The number of nitrogens with one attached hydrogen (secondary N) is 1. The van der Waals surface area contributed by atoms with Gasteiger partial charge in [-0.15, -0.1) is 0 Å². The Balaban J connectivity index is 2.37. The van der Waals surface area contributed by atoms with Crippen LogP contribution < -0.4 is 10.9 Å². The second kappa shape index (κ2) is 8.84. The molecule has 0 bridgehead atoms. The smallest absolute Gasteiger partial charge is 0.325 e. The van der Waals surface area contributed by atoms with Crippen LogP contribution in [0.3, 0.4) is 0 Å². The fraction of sp³-hybridized carbons (Fsp3) is 0.444. The van der Waals surface area contributed by atoms with Crippen LogP contribution in [0.1, 0.15) is 20.8 Å². The highest BCUT2D eigenvalue weighted by Crippen LogP contribution is 2.22. The fourth-order valence-electron chi connectivity index (χ4n) is 2.23. The molecule has 1 aromatic carbocycles. The molecule has 1 N–H and O–H groups in total. The highest BCUT2D eigenvalue weighted by Gasteiger charge is 2.20. The van der Waals surface area contributed by atoms with Gasteiger partial charge in [0.05, 0.1) is 23.3 Å². The van der Waals surface area contributed by atoms with Crippen molar-refractivity contribution in [1.82, 2.24) is 14.9 Å². The lowest BCUT2D eigenvalue weighted by Gasteiger charge is -2.16. The number of methoxy groups -OCH3 is 1. The first-order valence-electron chi connectivity index (χ1n) is 8.34. The second-order valence-electron chi connectivity index (χ2n) is 6.28. The topological polar surface area (TPSA) is 90.3 Å². The Morgan fingerprint density at radius 3 is 2.62 bits per heavy atom. The van der Waals surface area contributed by atoms with Gasteiger partial charge in [0.25, 0.3) is 5.56 Å². The van der Waals surface area contributed by atoms with E-state index in [1.807, 2.05) is 13.8 Å². The molecule has 2 rings (SSSR count). The van der Waals surface area contributed by atoms with E-state index >= 15 is 0 Å². The predicted molar refractivity (Wildman–Crippen MR) is 101 cm³/mol. The molecule has 1 unspecified atom stereocenters. The number of fused-ring (bicyclic) bond motifs is 1. The second-order valence-corrected chi connectivity index (χ2v) is 7.59. The van der Waals surface area contributed by atoms with Gasteiger partial charge in [-0.2, -0.15) is 0 Å². The van der Waals surface area contributed by atoms with Gasteiger partial charge in [-0.1, -0.05) is 37.7 Å². The van der Waals surface area contributed by atoms with Gasteiger partial charge in [0.1, 0.15) is 6.54 Å². The largest absolute Gasteiger partial charge is 0.468 e. The van der Waals surface area contributed by atoms with Crippen LogP contribution in [-0.2, 0) is 20.9 Å². The first-order valence-corrected chi connectivity index (χ1v) is 9.22. The number of benzene rings is 1. The number of hydrogen-bond acceptors (Lipinski definition) is 6. The quantitative estimate of drug-likeness (QED) is 0.450. The van der Waals surface area contributed by atoms with E-state index in [2.05, 4.69) is 15.0 Å². The number of carbonyl (C=O) groups excluding carboxylic acids is 2. The summed E-state index contributed by atoms with van der Waals surface area (Å²) in [7, 11) is 1.26. The van der Waals surface area contributed by atoms with Crippen LogP contribution in [-0.4, -0.2) is 40.3 Å². The number of nitrogens with zero attached hydrogens (tertiary/aromatic N) is 2. The van der Waals surface area contributed by atoms with Gasteiger partial charge in [0.2, 0.25) is 5.91 Å². The molecule has 0 fully saturated rings. The molecule has 26 heavy (non-hydrogen) atoms. The van der Waals surface area contributed by atoms with Crippen molar-refractivity contribution >= 4 is 34.5 Å². The van der Waals surface area contributed by atoms with E-state index in [9.17, 15) is 14.4 Å². The molecule has 2 aromatic rings. The summed E-state index contributed by atoms with van der Waals surface area (Å²) in [5, 5.41) is 3.12. The minimum Gasteiger partial charge on any atom is -0.468 e. The molecule has 0 aliphatic rings. The third-order valence-corrected chi connectivity index (χ3v) is 4.77. The fourth-order valence-corrected chi connectivity index (χ4v) is 3.16. The number of aromatic nitrogens is 2. The number of carbonyl (C=O) groups is 2. The molecule has 0 spiro atoms. The summed E-state index contributed by atoms with van der Waals surface area (Å²) in [5.41, 5.74) is 0.189. The van der Waals surface area contributed by atoms with E-state index in [1.165, 1.54) is 11.7 Å². The number of ether oxygens (including phenoxy) is 1. The van der Waals surface area contributed by atoms with E-state index in [-0.39, 0.29) is 18.0 Å². The van der Waals surface area contributed by atoms with Gasteiger partial charge in [-0.05, 0) is 25.0 Å². The zero-order valence-electron chi connectivity index (χ0n) is 15.3. The van der Waals surface area contributed by atoms with E-state index in [0.717, 1.165) is 11.8 Å². The number of rotatable bonds is 7. The standard InChI is InChI=1S/C18H23N3O4S/c1-11(2)9-19-16(23)12(3)26-18-20-14-8-6-5-7-13(14)17(24)21(18)10-15(22)25-4/h5-8,11-12H,9-10H2,1-4H3,(H,19,23). The summed E-state index contributed by atoms with van der Waals surface area (Å²) >= 11 is 1.14. The van der Waals surface area contributed by atoms with Crippen molar-refractivity contribution < 1.29 is 14.3 Å². The van der Waals surface area contributed by atoms with Gasteiger partial charge >= 0.3 is 5.97 Å². The third kappa shape index (κ3) is 4.85. The molecule has 1 atom stereocenters. The van der Waals surface area contributed by atoms with Crippen LogP contribution in [0.15, 0.2) is 34.2 Å². The van der Waals surface area contributed by atoms with Gasteiger partial charge < -0.3 is 10.1 Å². The summed E-state index contributed by atoms with van der Waals surface area (Å²) in [6.45, 7) is 6.08. The Labute approximate surface area is 156 Å². The highest BCUT2D eigenvalue weighted by atomic mass is 32.2. The minimum absolute atomic E-state index is 0.143. The van der Waals surface area contributed by atoms with Crippen LogP contribution in [0.4, 0.5) is 0 Å². The van der Waals surface area contributed by atoms with E-state index in [4.69, 9.17) is 0 Å². The molecule has 0 radical (unpaired) electrons. The van der Waals surface area contributed by atoms with E-state index < -0.39 is 11.2 Å². The summed E-state index contributed by atoms with van der Waals surface area (Å²) in [6.07, 6.45) is 0. The molecular formula is C18H23N3O4S. The Hall–Kier alpha value is -2.35. The average Bonchev–Trinajstić information content (AvgIpc) is 2.62. The van der Waals surface area contributed by atoms with Crippen molar-refractivity contribution in [3.05, 3.63) is 34.6 Å². The Kier molecular flexibility index (Phi) is 6.79. The average molecular weight is 377 g/mol. The molecule has 7 nitrogen and oxygen atoms in total. The third-order valence-electron chi connectivity index (χ3n) is 3.68. The van der Waals surface area contributed by atoms with Crippen LogP contribution in [0.5, 0.6) is 0 Å². The van der Waals surface area contributed by atoms with Crippen molar-refractivity contribution in [3.63, 3.8) is 0 Å². The normalized spacial score (nSPS) is 12.2. The zero-order valence-corrected chi connectivity index (χ0v) is 16.1. The number of para-hydroxylation sites is 1. The maximum Gasteiger partial charge on any atom is 0.325 e. The van der Waals surface area contributed by atoms with Crippen LogP contribution in [0, 0.1) is 5.92 Å². The zero-order chi connectivity index (χ0) is 19.3. The molecule has 0 aliphatic carbocycles. The SMILES string of the molecule is COC(=O)Cn1c(SC(C)C(=O)NCC(C)C)nc2ccccc2c1=O. The summed E-state index contributed by atoms with van der Waals surface area (Å²) in [4.78, 5) is 41.2. The lowest BCUT2D eigenvalue weighted by Crippen LogP contribution is -2.34. The van der Waals surface area contributed by atoms with Gasteiger partial charge in [0, 0.05) is 6.54 Å². The van der Waals surface area contributed by atoms with Crippen LogP contribution >= 0.6 is 11.8 Å². The van der Waals surface area contributed by atoms with E-state index in [0.29, 0.717) is 28.5 Å². The molecule has 1 amide bonds. The number of hydrogen-bond donors (Lipinski definition) is 1. The summed E-state index contributed by atoms with van der Waals surface area (Å²) < 4.78 is 5.93. The number of amides is 1. The Bertz CT molecular complexity index is 863. The Morgan fingerprint density at radius 2 is 1.96 bits per heavy atom. The first kappa shape index (κ1) is 20.0. The summed E-state index contributed by atoms with van der Waals surface area (Å²) in [6, 6.07) is 6.91. The summed E-state index contributed by atoms with van der Waals surface area (Å²) in [5.74, 6) is -0.355. The van der Waals surface area contributed by atoms with Crippen LogP contribution in [0.25, 0.3) is 10.9 Å². The molecule has 140 valence electrons. The van der Waals surface area contributed by atoms with Crippen LogP contribution in [0.2, 0.25) is 0 Å². The highest BCUT2D eigenvalue weighted by molar-refractivity contribution is 8.00. The molecule has 1 heterocycles. The molecule has 0 aliphatic heterocycles. The van der Waals surface area contributed by atoms with Crippen molar-refractivity contribution in [1.29, 1.82) is 0 Å². The molecular weight excluding hydrogens is 354 g/mol. The van der Waals surface area contributed by atoms with E-state index in [1.54, 1.807) is 31.2 Å². The van der Waals surface area contributed by atoms with Crippen molar-refractivity contribution in [2.75, 3.05) is 13.7 Å². The molecule has 0 saturated heterocycles. The monoisotopic (exact) mass is 377 g/mol. The lowest BCUT2D eigenvalue weighted by molar-refractivity contribution is -0.141. The molecule has 8 heteroatoms. The maximum atomic E-state index is 12.8.